The van der Waals surface area contributed by atoms with Gasteiger partial charge in [-0.25, -0.2) is 14.6 Å². The van der Waals surface area contributed by atoms with E-state index in [1.165, 1.54) is 6.07 Å². The molecule has 0 spiro atoms. The fraction of sp³-hybridized carbons (Fsp3) is 0.357. The number of thiophene rings is 1. The molecule has 3 heterocycles. The number of carboxylic acid groups (broad SMARTS) is 2. The molecule has 0 bridgehead atoms. The Morgan fingerprint density at radius 3 is 2.48 bits per heavy atom. The molecule has 0 amide bonds. The SMILES string of the molecule is Nc1c(C(=O)O)sc2nc(N3CCC(O)CC3)cc(C(=O)O)c12. The van der Waals surface area contributed by atoms with Gasteiger partial charge in [0.05, 0.1) is 17.4 Å². The van der Waals surface area contributed by atoms with Crippen LogP contribution in [0, 0.1) is 0 Å². The fourth-order valence-corrected chi connectivity index (χ4v) is 3.65. The highest BCUT2D eigenvalue weighted by Crippen LogP contribution is 2.37. The highest BCUT2D eigenvalue weighted by Gasteiger charge is 2.25. The molecule has 0 aromatic carbocycles. The summed E-state index contributed by atoms with van der Waals surface area (Å²) in [6.45, 7) is 1.12. The molecule has 3 rings (SSSR count). The number of rotatable bonds is 3. The van der Waals surface area contributed by atoms with Crippen LogP contribution in [0.2, 0.25) is 0 Å². The fourth-order valence-electron chi connectivity index (χ4n) is 2.69. The number of carbonyl (C=O) groups is 2. The summed E-state index contributed by atoms with van der Waals surface area (Å²) in [4.78, 5) is 29.2. The lowest BCUT2D eigenvalue weighted by Gasteiger charge is -2.30. The lowest BCUT2D eigenvalue weighted by Crippen LogP contribution is -2.36. The summed E-state index contributed by atoms with van der Waals surface area (Å²) in [5.74, 6) is -1.93. The summed E-state index contributed by atoms with van der Waals surface area (Å²) in [6, 6.07) is 1.41. The van der Waals surface area contributed by atoms with Gasteiger partial charge < -0.3 is 26.0 Å². The average molecular weight is 337 g/mol. The van der Waals surface area contributed by atoms with E-state index in [-0.39, 0.29) is 27.6 Å². The quantitative estimate of drug-likeness (QED) is 0.656. The number of aliphatic hydroxyl groups excluding tert-OH is 1. The molecule has 5 N–H and O–H groups in total. The van der Waals surface area contributed by atoms with Gasteiger partial charge in [0.25, 0.3) is 0 Å². The van der Waals surface area contributed by atoms with Crippen LogP contribution in [0.25, 0.3) is 10.2 Å². The van der Waals surface area contributed by atoms with Gasteiger partial charge >= 0.3 is 11.9 Å². The van der Waals surface area contributed by atoms with Crippen molar-refractivity contribution >= 4 is 45.0 Å². The van der Waals surface area contributed by atoms with Crippen molar-refractivity contribution in [2.75, 3.05) is 23.7 Å². The highest BCUT2D eigenvalue weighted by atomic mass is 32.1. The Morgan fingerprint density at radius 1 is 1.26 bits per heavy atom. The van der Waals surface area contributed by atoms with Crippen LogP contribution in [0.3, 0.4) is 0 Å². The molecule has 1 aliphatic heterocycles. The zero-order valence-corrected chi connectivity index (χ0v) is 12.8. The molecule has 0 radical (unpaired) electrons. The van der Waals surface area contributed by atoms with Gasteiger partial charge in [0.2, 0.25) is 0 Å². The van der Waals surface area contributed by atoms with E-state index >= 15 is 0 Å². The van der Waals surface area contributed by atoms with Crippen LogP contribution >= 0.6 is 11.3 Å². The van der Waals surface area contributed by atoms with E-state index in [4.69, 9.17) is 10.8 Å². The smallest absolute Gasteiger partial charge is 0.348 e. The summed E-state index contributed by atoms with van der Waals surface area (Å²) >= 11 is 0.867. The Kier molecular flexibility index (Phi) is 3.82. The van der Waals surface area contributed by atoms with E-state index in [1.54, 1.807) is 0 Å². The first-order chi connectivity index (χ1) is 10.9. The Labute approximate surface area is 134 Å². The van der Waals surface area contributed by atoms with Crippen LogP contribution < -0.4 is 10.6 Å². The van der Waals surface area contributed by atoms with Crippen molar-refractivity contribution in [3.63, 3.8) is 0 Å². The number of piperidine rings is 1. The van der Waals surface area contributed by atoms with E-state index in [1.807, 2.05) is 4.90 Å². The first-order valence-corrected chi connectivity index (χ1v) is 7.82. The molecule has 1 fully saturated rings. The third kappa shape index (κ3) is 2.68. The third-order valence-corrected chi connectivity index (χ3v) is 4.99. The van der Waals surface area contributed by atoms with Crippen LogP contribution in [0.4, 0.5) is 11.5 Å². The van der Waals surface area contributed by atoms with Gasteiger partial charge in [-0.3, -0.25) is 0 Å². The number of pyridine rings is 1. The molecule has 2 aromatic rings. The van der Waals surface area contributed by atoms with Crippen LogP contribution in [-0.2, 0) is 0 Å². The Bertz CT molecular complexity index is 795. The van der Waals surface area contributed by atoms with Crippen molar-refractivity contribution in [2.45, 2.75) is 18.9 Å². The lowest BCUT2D eigenvalue weighted by molar-refractivity contribution is 0.0688. The second-order valence-corrected chi connectivity index (χ2v) is 6.38. The number of aromatic carboxylic acids is 2. The molecule has 122 valence electrons. The summed E-state index contributed by atoms with van der Waals surface area (Å²) in [6.07, 6.45) is 0.800. The maximum Gasteiger partial charge on any atom is 0.348 e. The topological polar surface area (TPSA) is 137 Å². The molecular weight excluding hydrogens is 322 g/mol. The molecule has 8 nitrogen and oxygen atoms in total. The second kappa shape index (κ2) is 5.67. The Morgan fingerprint density at radius 2 is 1.91 bits per heavy atom. The van der Waals surface area contributed by atoms with Crippen molar-refractivity contribution in [1.82, 2.24) is 4.98 Å². The van der Waals surface area contributed by atoms with E-state index < -0.39 is 11.9 Å². The summed E-state index contributed by atoms with van der Waals surface area (Å²) in [7, 11) is 0. The van der Waals surface area contributed by atoms with Gasteiger partial charge in [0.15, 0.2) is 0 Å². The second-order valence-electron chi connectivity index (χ2n) is 5.38. The number of hydrogen-bond acceptors (Lipinski definition) is 7. The monoisotopic (exact) mass is 337 g/mol. The van der Waals surface area contributed by atoms with Gasteiger partial charge in [-0.2, -0.15) is 0 Å². The molecule has 0 aliphatic carbocycles. The van der Waals surface area contributed by atoms with Crippen LogP contribution in [0.1, 0.15) is 32.9 Å². The van der Waals surface area contributed by atoms with Gasteiger partial charge in [-0.1, -0.05) is 0 Å². The minimum atomic E-state index is -1.20. The number of aromatic nitrogens is 1. The van der Waals surface area contributed by atoms with Crippen LogP contribution in [-0.4, -0.2) is 51.4 Å². The number of nitrogen functional groups attached to an aromatic ring is 1. The minimum Gasteiger partial charge on any atom is -0.478 e. The molecular formula is C14H15N3O5S. The summed E-state index contributed by atoms with van der Waals surface area (Å²) < 4.78 is 0. The zero-order valence-electron chi connectivity index (χ0n) is 12.0. The van der Waals surface area contributed by atoms with Crippen molar-refractivity contribution in [2.24, 2.45) is 0 Å². The number of nitrogens with zero attached hydrogens (tertiary/aromatic N) is 2. The van der Waals surface area contributed by atoms with Crippen molar-refractivity contribution in [3.05, 3.63) is 16.5 Å². The lowest BCUT2D eigenvalue weighted by atomic mass is 10.1. The molecule has 23 heavy (non-hydrogen) atoms. The number of carboxylic acids is 2. The standard InChI is InChI=1S/C14H15N3O5S/c15-10-9-7(13(19)20)5-8(17-3-1-6(18)2-4-17)16-12(9)23-11(10)14(21)22/h5-6,18H,1-4,15H2,(H,19,20)(H,21,22). The zero-order chi connectivity index (χ0) is 16.7. The van der Waals surface area contributed by atoms with Crippen molar-refractivity contribution in [1.29, 1.82) is 0 Å². The van der Waals surface area contributed by atoms with E-state index in [9.17, 15) is 19.8 Å². The van der Waals surface area contributed by atoms with E-state index in [0.717, 1.165) is 11.3 Å². The first-order valence-electron chi connectivity index (χ1n) is 7.01. The maximum atomic E-state index is 11.5. The number of nitrogens with two attached hydrogens (primary N) is 1. The molecule has 1 saturated heterocycles. The molecule has 0 unspecified atom stereocenters. The number of aliphatic hydroxyl groups is 1. The molecule has 0 saturated carbocycles. The molecule has 1 aliphatic rings. The van der Waals surface area contributed by atoms with Crippen LogP contribution in [0.15, 0.2) is 6.07 Å². The average Bonchev–Trinajstić information content (AvgIpc) is 2.84. The van der Waals surface area contributed by atoms with Gasteiger partial charge in [0, 0.05) is 18.5 Å². The third-order valence-electron chi connectivity index (χ3n) is 3.90. The van der Waals surface area contributed by atoms with Gasteiger partial charge in [-0.05, 0) is 18.9 Å². The molecule has 2 aromatic heterocycles. The molecule has 9 heteroatoms. The van der Waals surface area contributed by atoms with E-state index in [0.29, 0.717) is 36.6 Å². The summed E-state index contributed by atoms with van der Waals surface area (Å²) in [5.41, 5.74) is 5.68. The van der Waals surface area contributed by atoms with Crippen LogP contribution in [0.5, 0.6) is 0 Å². The highest BCUT2D eigenvalue weighted by molar-refractivity contribution is 7.21. The summed E-state index contributed by atoms with van der Waals surface area (Å²) in [5, 5.41) is 28.3. The Hall–Kier alpha value is -2.39. The predicted octanol–water partition coefficient (Wildman–Crippen LogP) is 1.24. The number of hydrogen-bond donors (Lipinski definition) is 4. The van der Waals surface area contributed by atoms with E-state index in [2.05, 4.69) is 4.98 Å². The Balaban J connectivity index is 2.15. The minimum absolute atomic E-state index is 0.0580. The van der Waals surface area contributed by atoms with Gasteiger partial charge in [-0.15, -0.1) is 11.3 Å². The number of fused-ring (bicyclic) bond motifs is 1. The first kappa shape index (κ1) is 15.5. The van der Waals surface area contributed by atoms with Gasteiger partial charge in [0.1, 0.15) is 15.5 Å². The van der Waals surface area contributed by atoms with Crippen molar-refractivity contribution < 1.29 is 24.9 Å². The molecule has 0 atom stereocenters. The normalized spacial score (nSPS) is 16.0. The van der Waals surface area contributed by atoms with Crippen molar-refractivity contribution in [3.8, 4) is 0 Å². The maximum absolute atomic E-state index is 11.5. The predicted molar refractivity (Wildman–Crippen MR) is 85.4 cm³/mol. The number of anilines is 2. The largest absolute Gasteiger partial charge is 0.478 e.